The molecule has 3 heterocycles. The largest absolute Gasteiger partial charge is 0.484 e. The van der Waals surface area contributed by atoms with Crippen LogP contribution < -0.4 is 19.5 Å². The molecule has 6 nitrogen and oxygen atoms in total. The zero-order valence-corrected chi connectivity index (χ0v) is 17.4. The smallest absolute Gasteiger partial charge is 0.258 e. The number of amides is 1. The summed E-state index contributed by atoms with van der Waals surface area (Å²) >= 11 is 6.01. The van der Waals surface area contributed by atoms with E-state index in [2.05, 4.69) is 22.3 Å². The summed E-state index contributed by atoms with van der Waals surface area (Å²) in [6.07, 6.45) is 4.36. The molecule has 3 aliphatic rings. The molecular formula is C23H25ClN2O4. The lowest BCUT2D eigenvalue weighted by atomic mass is 9.96. The molecule has 30 heavy (non-hydrogen) atoms. The maximum Gasteiger partial charge on any atom is 0.258 e. The second kappa shape index (κ2) is 8.36. The number of fused-ring (bicyclic) bond motifs is 3. The van der Waals surface area contributed by atoms with E-state index < -0.39 is 0 Å². The quantitative estimate of drug-likeness (QED) is 0.759. The lowest BCUT2D eigenvalue weighted by Gasteiger charge is -2.39. The number of hydrogen-bond acceptors (Lipinski definition) is 5. The Morgan fingerprint density at radius 1 is 1.07 bits per heavy atom. The molecule has 5 rings (SSSR count). The third-order valence-corrected chi connectivity index (χ3v) is 6.49. The Bertz CT molecular complexity index is 906. The third-order valence-electron chi connectivity index (χ3n) is 6.24. The molecule has 2 saturated heterocycles. The van der Waals surface area contributed by atoms with E-state index in [4.69, 9.17) is 25.8 Å². The van der Waals surface area contributed by atoms with Gasteiger partial charge < -0.3 is 19.5 Å². The van der Waals surface area contributed by atoms with E-state index in [1.807, 2.05) is 12.1 Å². The van der Waals surface area contributed by atoms with Crippen molar-refractivity contribution in [3.05, 3.63) is 53.1 Å². The van der Waals surface area contributed by atoms with Crippen molar-refractivity contribution in [2.45, 2.75) is 50.4 Å². The summed E-state index contributed by atoms with van der Waals surface area (Å²) in [6.45, 7) is 1.17. The van der Waals surface area contributed by atoms with Gasteiger partial charge in [-0.3, -0.25) is 9.69 Å². The molecule has 0 aromatic heterocycles. The Labute approximate surface area is 181 Å². The van der Waals surface area contributed by atoms with Crippen LogP contribution >= 0.6 is 11.6 Å². The van der Waals surface area contributed by atoms with Gasteiger partial charge in [-0.2, -0.15) is 0 Å². The summed E-state index contributed by atoms with van der Waals surface area (Å²) in [7, 11) is 0. The van der Waals surface area contributed by atoms with Crippen LogP contribution in [-0.4, -0.2) is 42.3 Å². The van der Waals surface area contributed by atoms with E-state index in [1.165, 1.54) is 18.4 Å². The Morgan fingerprint density at radius 2 is 1.80 bits per heavy atom. The van der Waals surface area contributed by atoms with Crippen molar-refractivity contribution in [3.63, 3.8) is 0 Å². The van der Waals surface area contributed by atoms with Crippen molar-refractivity contribution in [1.82, 2.24) is 10.2 Å². The van der Waals surface area contributed by atoms with Crippen molar-refractivity contribution in [2.75, 3.05) is 13.4 Å². The van der Waals surface area contributed by atoms with E-state index in [9.17, 15) is 4.79 Å². The first-order valence-corrected chi connectivity index (χ1v) is 10.8. The molecule has 158 valence electrons. The van der Waals surface area contributed by atoms with Crippen molar-refractivity contribution in [3.8, 4) is 17.2 Å². The average Bonchev–Trinajstić information content (AvgIpc) is 3.29. The summed E-state index contributed by atoms with van der Waals surface area (Å²) < 4.78 is 16.3. The second-order valence-electron chi connectivity index (χ2n) is 8.22. The molecule has 0 saturated carbocycles. The van der Waals surface area contributed by atoms with Crippen molar-refractivity contribution >= 4 is 17.5 Å². The number of halogens is 1. The van der Waals surface area contributed by atoms with Gasteiger partial charge >= 0.3 is 0 Å². The molecule has 2 bridgehead atoms. The lowest BCUT2D eigenvalue weighted by molar-refractivity contribution is -0.124. The van der Waals surface area contributed by atoms with Crippen LogP contribution in [0.3, 0.4) is 0 Å². The zero-order chi connectivity index (χ0) is 20.5. The van der Waals surface area contributed by atoms with Crippen molar-refractivity contribution < 1.29 is 19.0 Å². The molecule has 2 aromatic rings. The van der Waals surface area contributed by atoms with Gasteiger partial charge in [-0.15, -0.1) is 0 Å². The van der Waals surface area contributed by atoms with Gasteiger partial charge in [0.1, 0.15) is 5.75 Å². The molecule has 1 N–H and O–H groups in total. The van der Waals surface area contributed by atoms with Crippen LogP contribution in [-0.2, 0) is 11.3 Å². The fourth-order valence-corrected chi connectivity index (χ4v) is 4.96. The van der Waals surface area contributed by atoms with Crippen molar-refractivity contribution in [2.24, 2.45) is 0 Å². The zero-order valence-electron chi connectivity index (χ0n) is 16.7. The van der Waals surface area contributed by atoms with Gasteiger partial charge in [-0.25, -0.2) is 0 Å². The van der Waals surface area contributed by atoms with Gasteiger partial charge in [0.2, 0.25) is 6.79 Å². The summed E-state index contributed by atoms with van der Waals surface area (Å²) in [5.74, 6) is 1.88. The molecular weight excluding hydrogens is 404 g/mol. The fourth-order valence-electron chi connectivity index (χ4n) is 4.84. The number of carbonyl (C=O) groups is 1. The van der Waals surface area contributed by atoms with Gasteiger partial charge in [0.15, 0.2) is 18.1 Å². The number of nitrogens with zero attached hydrogens (tertiary/aromatic N) is 1. The van der Waals surface area contributed by atoms with Crippen LogP contribution in [0.4, 0.5) is 0 Å². The molecule has 1 amide bonds. The highest BCUT2D eigenvalue weighted by molar-refractivity contribution is 6.30. The minimum atomic E-state index is -0.0804. The Hall–Kier alpha value is -2.44. The summed E-state index contributed by atoms with van der Waals surface area (Å²) in [5.41, 5.74) is 1.29. The lowest BCUT2D eigenvalue weighted by Crippen LogP contribution is -2.50. The average molecular weight is 429 g/mol. The number of piperidine rings is 1. The van der Waals surface area contributed by atoms with Gasteiger partial charge in [-0.05, 0) is 55.5 Å². The predicted molar refractivity (Wildman–Crippen MR) is 113 cm³/mol. The van der Waals surface area contributed by atoms with E-state index in [0.29, 0.717) is 29.3 Å². The Balaban J connectivity index is 1.12. The molecule has 2 aromatic carbocycles. The SMILES string of the molecule is O=C(COc1ccc2c(c1)OCO2)N[C@H]1C[C@H]2CC[C@@H](C1)N2Cc1ccc(Cl)cc1. The van der Waals surface area contributed by atoms with Crippen molar-refractivity contribution in [1.29, 1.82) is 0 Å². The first-order chi connectivity index (χ1) is 14.6. The maximum atomic E-state index is 12.4. The first-order valence-electron chi connectivity index (χ1n) is 10.5. The normalized spacial score (nSPS) is 24.6. The van der Waals surface area contributed by atoms with E-state index in [0.717, 1.165) is 24.4 Å². The summed E-state index contributed by atoms with van der Waals surface area (Å²) in [6, 6.07) is 14.7. The second-order valence-corrected chi connectivity index (χ2v) is 8.66. The van der Waals surface area contributed by atoms with Gasteiger partial charge in [-0.1, -0.05) is 23.7 Å². The number of hydrogen-bond donors (Lipinski definition) is 1. The number of benzene rings is 2. The van der Waals surface area contributed by atoms with Gasteiger partial charge in [0, 0.05) is 35.8 Å². The highest BCUT2D eigenvalue weighted by atomic mass is 35.5. The standard InChI is InChI=1S/C23H25ClN2O4/c24-16-3-1-15(2-4-16)12-26-18-5-6-19(26)10-17(9-18)25-23(27)13-28-20-7-8-21-22(11-20)30-14-29-21/h1-4,7-8,11,17-19H,5-6,9-10,12-14H2,(H,25,27)/t17-,18+,19-. The molecule has 3 aliphatic heterocycles. The molecule has 3 atom stereocenters. The van der Waals surface area contributed by atoms with Crippen LogP contribution in [0, 0.1) is 0 Å². The molecule has 0 spiro atoms. The minimum absolute atomic E-state index is 0.0000336. The van der Waals surface area contributed by atoms with Crippen LogP contribution in [0.5, 0.6) is 17.2 Å². The van der Waals surface area contributed by atoms with Crippen LogP contribution in [0.25, 0.3) is 0 Å². The topological polar surface area (TPSA) is 60.0 Å². The molecule has 0 aliphatic carbocycles. The monoisotopic (exact) mass is 428 g/mol. The van der Waals surface area contributed by atoms with E-state index in [-0.39, 0.29) is 25.3 Å². The number of rotatable bonds is 6. The van der Waals surface area contributed by atoms with Crippen LogP contribution in [0.2, 0.25) is 5.02 Å². The molecule has 2 fully saturated rings. The van der Waals surface area contributed by atoms with Gasteiger partial charge in [0.05, 0.1) is 0 Å². The summed E-state index contributed by atoms with van der Waals surface area (Å²) in [4.78, 5) is 15.0. The maximum absolute atomic E-state index is 12.4. The number of nitrogens with one attached hydrogen (secondary N) is 1. The van der Waals surface area contributed by atoms with Crippen LogP contribution in [0.1, 0.15) is 31.2 Å². The van der Waals surface area contributed by atoms with E-state index >= 15 is 0 Å². The first kappa shape index (κ1) is 19.5. The molecule has 0 unspecified atom stereocenters. The molecule has 0 radical (unpaired) electrons. The molecule has 7 heteroatoms. The number of ether oxygens (including phenoxy) is 3. The highest BCUT2D eigenvalue weighted by Gasteiger charge is 2.40. The van der Waals surface area contributed by atoms with E-state index in [1.54, 1.807) is 18.2 Å². The number of carbonyl (C=O) groups excluding carboxylic acids is 1. The predicted octanol–water partition coefficient (Wildman–Crippen LogP) is 3.76. The van der Waals surface area contributed by atoms with Crippen LogP contribution in [0.15, 0.2) is 42.5 Å². The van der Waals surface area contributed by atoms with Gasteiger partial charge in [0.25, 0.3) is 5.91 Å². The third kappa shape index (κ3) is 4.20. The fraction of sp³-hybridized carbons (Fsp3) is 0.435. The minimum Gasteiger partial charge on any atom is -0.484 e. The Morgan fingerprint density at radius 3 is 2.57 bits per heavy atom. The summed E-state index contributed by atoms with van der Waals surface area (Å²) in [5, 5.41) is 3.94. The Kier molecular flexibility index (Phi) is 5.44. The highest BCUT2D eigenvalue weighted by Crippen LogP contribution is 2.37.